The van der Waals surface area contributed by atoms with Crippen molar-refractivity contribution in [1.29, 1.82) is 0 Å². The van der Waals surface area contributed by atoms with Crippen molar-refractivity contribution in [2.24, 2.45) is 5.73 Å². The molecule has 3 heteroatoms. The van der Waals surface area contributed by atoms with Gasteiger partial charge in [0, 0.05) is 13.7 Å². The zero-order valence-corrected chi connectivity index (χ0v) is 7.14. The van der Waals surface area contributed by atoms with Crippen LogP contribution in [0.5, 0.6) is 0 Å². The number of nitrogens with two attached hydrogens (primary N) is 1. The average molecular weight is 169 g/mol. The highest BCUT2D eigenvalue weighted by Crippen LogP contribution is 2.08. The molecule has 0 aliphatic rings. The van der Waals surface area contributed by atoms with E-state index in [1.54, 1.807) is 0 Å². The lowest BCUT2D eigenvalue weighted by atomic mass is 10.1. The Kier molecular flexibility index (Phi) is 6.28. The van der Waals surface area contributed by atoms with Crippen LogP contribution in [0, 0.1) is 0 Å². The van der Waals surface area contributed by atoms with E-state index in [0.29, 0.717) is 0 Å². The van der Waals surface area contributed by atoms with Crippen LogP contribution in [0.4, 0.5) is 0 Å². The Morgan fingerprint density at radius 1 is 1.25 bits per heavy atom. The van der Waals surface area contributed by atoms with E-state index in [1.807, 2.05) is 30.3 Å². The topological polar surface area (TPSA) is 66.5 Å². The van der Waals surface area contributed by atoms with E-state index in [2.05, 4.69) is 0 Å². The molecular formula is C9H15NO2. The molecule has 0 bridgehead atoms. The van der Waals surface area contributed by atoms with Crippen molar-refractivity contribution in [1.82, 2.24) is 0 Å². The van der Waals surface area contributed by atoms with E-state index in [9.17, 15) is 5.11 Å². The Balaban J connectivity index is 0.000000561. The smallest absolute Gasteiger partial charge is 0.0912 e. The van der Waals surface area contributed by atoms with Crippen molar-refractivity contribution >= 4 is 0 Å². The second-order valence-electron chi connectivity index (χ2n) is 2.16. The summed E-state index contributed by atoms with van der Waals surface area (Å²) in [6.45, 7) is 0.282. The maximum atomic E-state index is 9.20. The third kappa shape index (κ3) is 3.48. The summed E-state index contributed by atoms with van der Waals surface area (Å²) in [5.41, 5.74) is 6.13. The van der Waals surface area contributed by atoms with Crippen molar-refractivity contribution in [2.45, 2.75) is 6.10 Å². The van der Waals surface area contributed by atoms with Crippen LogP contribution in [0.15, 0.2) is 30.3 Å². The molecule has 4 N–H and O–H groups in total. The minimum Gasteiger partial charge on any atom is -0.400 e. The van der Waals surface area contributed by atoms with Gasteiger partial charge in [-0.25, -0.2) is 0 Å². The van der Waals surface area contributed by atoms with Gasteiger partial charge in [0.15, 0.2) is 0 Å². The Labute approximate surface area is 72.5 Å². The van der Waals surface area contributed by atoms with Gasteiger partial charge >= 0.3 is 0 Å². The summed E-state index contributed by atoms with van der Waals surface area (Å²) >= 11 is 0. The third-order valence-corrected chi connectivity index (χ3v) is 1.41. The molecule has 0 spiro atoms. The van der Waals surface area contributed by atoms with Crippen molar-refractivity contribution in [3.63, 3.8) is 0 Å². The summed E-state index contributed by atoms with van der Waals surface area (Å²) in [4.78, 5) is 0. The highest BCUT2D eigenvalue weighted by molar-refractivity contribution is 5.17. The number of aliphatic hydroxyl groups is 2. The molecule has 0 amide bonds. The molecule has 0 aromatic heterocycles. The zero-order valence-electron chi connectivity index (χ0n) is 7.14. The highest BCUT2D eigenvalue weighted by atomic mass is 16.3. The van der Waals surface area contributed by atoms with Gasteiger partial charge in [0.2, 0.25) is 0 Å². The van der Waals surface area contributed by atoms with Gasteiger partial charge in [-0.1, -0.05) is 30.3 Å². The lowest BCUT2D eigenvalue weighted by Gasteiger charge is -2.05. The van der Waals surface area contributed by atoms with Gasteiger partial charge in [-0.15, -0.1) is 0 Å². The lowest BCUT2D eigenvalue weighted by molar-refractivity contribution is 0.187. The second-order valence-corrected chi connectivity index (χ2v) is 2.16. The Hall–Kier alpha value is -0.900. The van der Waals surface area contributed by atoms with Gasteiger partial charge in [-0.3, -0.25) is 0 Å². The van der Waals surface area contributed by atoms with Gasteiger partial charge < -0.3 is 15.9 Å². The normalized spacial score (nSPS) is 11.3. The Morgan fingerprint density at radius 2 is 1.75 bits per heavy atom. The minimum atomic E-state index is -0.513. The van der Waals surface area contributed by atoms with Crippen molar-refractivity contribution in [3.05, 3.63) is 35.9 Å². The van der Waals surface area contributed by atoms with Gasteiger partial charge in [-0.2, -0.15) is 0 Å². The Bertz CT molecular complexity index is 189. The first-order chi connectivity index (χ1) is 5.84. The first kappa shape index (κ1) is 11.1. The molecule has 0 fully saturated rings. The minimum absolute atomic E-state index is 0.282. The summed E-state index contributed by atoms with van der Waals surface area (Å²) < 4.78 is 0. The fraction of sp³-hybridized carbons (Fsp3) is 0.333. The van der Waals surface area contributed by atoms with Crippen LogP contribution in [0.2, 0.25) is 0 Å². The summed E-state index contributed by atoms with van der Waals surface area (Å²) in [5.74, 6) is 0. The van der Waals surface area contributed by atoms with Gasteiger partial charge in [0.1, 0.15) is 0 Å². The van der Waals surface area contributed by atoms with E-state index in [1.165, 1.54) is 0 Å². The maximum Gasteiger partial charge on any atom is 0.0912 e. The van der Waals surface area contributed by atoms with Gasteiger partial charge in [0.05, 0.1) is 6.10 Å². The molecule has 3 nitrogen and oxygen atoms in total. The van der Waals surface area contributed by atoms with Crippen LogP contribution in [-0.2, 0) is 0 Å². The molecule has 0 saturated heterocycles. The summed E-state index contributed by atoms with van der Waals surface area (Å²) in [7, 11) is 1.00. The van der Waals surface area contributed by atoms with Gasteiger partial charge in [-0.05, 0) is 5.56 Å². The number of aliphatic hydroxyl groups excluding tert-OH is 2. The van der Waals surface area contributed by atoms with Crippen LogP contribution < -0.4 is 5.73 Å². The monoisotopic (exact) mass is 169 g/mol. The van der Waals surface area contributed by atoms with Crippen molar-refractivity contribution in [2.75, 3.05) is 13.7 Å². The van der Waals surface area contributed by atoms with Crippen LogP contribution >= 0.6 is 0 Å². The number of hydrogen-bond donors (Lipinski definition) is 3. The molecule has 1 unspecified atom stereocenters. The molecular weight excluding hydrogens is 154 g/mol. The zero-order chi connectivity index (χ0) is 9.40. The van der Waals surface area contributed by atoms with Crippen LogP contribution in [0.3, 0.4) is 0 Å². The summed E-state index contributed by atoms with van der Waals surface area (Å²) in [5, 5.41) is 16.2. The van der Waals surface area contributed by atoms with E-state index in [0.717, 1.165) is 12.7 Å². The standard InChI is InChI=1S/C8H11NO.CH4O/c9-6-8(10)7-4-2-1-3-5-7;1-2/h1-5,8,10H,6,9H2;2H,1H3. The van der Waals surface area contributed by atoms with Crippen molar-refractivity contribution < 1.29 is 10.2 Å². The summed E-state index contributed by atoms with van der Waals surface area (Å²) in [6.07, 6.45) is -0.513. The first-order valence-corrected chi connectivity index (χ1v) is 3.72. The fourth-order valence-electron chi connectivity index (χ4n) is 0.811. The molecule has 68 valence electrons. The van der Waals surface area contributed by atoms with E-state index in [4.69, 9.17) is 10.8 Å². The molecule has 0 heterocycles. The molecule has 1 rings (SSSR count). The maximum absolute atomic E-state index is 9.20. The predicted octanol–water partition coefficient (Wildman–Crippen LogP) is 0.287. The molecule has 1 aromatic carbocycles. The molecule has 0 aliphatic heterocycles. The van der Waals surface area contributed by atoms with Crippen LogP contribution in [0.1, 0.15) is 11.7 Å². The van der Waals surface area contributed by atoms with Crippen molar-refractivity contribution in [3.8, 4) is 0 Å². The molecule has 1 atom stereocenters. The number of benzene rings is 1. The molecule has 0 aliphatic carbocycles. The fourth-order valence-corrected chi connectivity index (χ4v) is 0.811. The molecule has 1 aromatic rings. The van der Waals surface area contributed by atoms with E-state index >= 15 is 0 Å². The van der Waals surface area contributed by atoms with Crippen LogP contribution in [-0.4, -0.2) is 23.9 Å². The van der Waals surface area contributed by atoms with Crippen LogP contribution in [0.25, 0.3) is 0 Å². The SMILES string of the molecule is CO.NCC(O)c1ccccc1. The van der Waals surface area contributed by atoms with E-state index in [-0.39, 0.29) is 6.54 Å². The number of hydrogen-bond acceptors (Lipinski definition) is 3. The number of rotatable bonds is 2. The second kappa shape index (κ2) is 6.79. The van der Waals surface area contributed by atoms with E-state index < -0.39 is 6.10 Å². The summed E-state index contributed by atoms with van der Waals surface area (Å²) in [6, 6.07) is 9.39. The molecule has 0 radical (unpaired) electrons. The predicted molar refractivity (Wildman–Crippen MR) is 48.6 cm³/mol. The largest absolute Gasteiger partial charge is 0.400 e. The molecule has 12 heavy (non-hydrogen) atoms. The first-order valence-electron chi connectivity index (χ1n) is 3.72. The average Bonchev–Trinajstić information content (AvgIpc) is 2.21. The Morgan fingerprint density at radius 3 is 2.17 bits per heavy atom. The quantitative estimate of drug-likeness (QED) is 0.596. The van der Waals surface area contributed by atoms with Gasteiger partial charge in [0.25, 0.3) is 0 Å². The third-order valence-electron chi connectivity index (χ3n) is 1.41. The highest BCUT2D eigenvalue weighted by Gasteiger charge is 2.01. The lowest BCUT2D eigenvalue weighted by Crippen LogP contribution is -2.10. The molecule has 0 saturated carbocycles.